The van der Waals surface area contributed by atoms with Crippen molar-refractivity contribution in [2.75, 3.05) is 10.0 Å². The zero-order valence-corrected chi connectivity index (χ0v) is 17.7. The van der Waals surface area contributed by atoms with Crippen LogP contribution in [0.1, 0.15) is 28.0 Å². The molecule has 1 heterocycles. The Morgan fingerprint density at radius 1 is 1.16 bits per heavy atom. The number of nitrogens with one attached hydrogen (secondary N) is 2. The van der Waals surface area contributed by atoms with Crippen LogP contribution in [-0.2, 0) is 16.6 Å². The monoisotopic (exact) mass is 441 g/mol. The third kappa shape index (κ3) is 5.26. The highest BCUT2D eigenvalue weighted by Gasteiger charge is 2.19. The number of carbonyl (C=O) groups is 1. The lowest BCUT2D eigenvalue weighted by atomic mass is 10.1. The van der Waals surface area contributed by atoms with E-state index in [-0.39, 0.29) is 22.6 Å². The number of anilines is 2. The molecule has 0 aliphatic rings. The molecule has 8 nitrogen and oxygen atoms in total. The Morgan fingerprint density at radius 3 is 2.55 bits per heavy atom. The number of halogens is 1. The standard InChI is InChI=1S/C21H20FN5O3S/c1-14-4-9-18(31(29,30)26-17-7-5-16(22)6-8-17)13-19(14)21(28)24-20-12-15(2)25-27(20)11-3-10-23/h4-9,12-13,26H,3,11H2,1-2H3,(H,24,28). The number of nitriles is 1. The summed E-state index contributed by atoms with van der Waals surface area (Å²) >= 11 is 0. The topological polar surface area (TPSA) is 117 Å². The van der Waals surface area contributed by atoms with Crippen LogP contribution < -0.4 is 10.0 Å². The lowest BCUT2D eigenvalue weighted by Crippen LogP contribution is -2.19. The number of hydrogen-bond acceptors (Lipinski definition) is 5. The Labute approximate surface area is 179 Å². The van der Waals surface area contributed by atoms with Crippen molar-refractivity contribution in [1.82, 2.24) is 9.78 Å². The molecule has 0 aliphatic carbocycles. The molecule has 0 radical (unpaired) electrons. The minimum atomic E-state index is -3.99. The average molecular weight is 441 g/mol. The molecule has 160 valence electrons. The quantitative estimate of drug-likeness (QED) is 0.581. The highest BCUT2D eigenvalue weighted by Crippen LogP contribution is 2.21. The minimum absolute atomic E-state index is 0.109. The van der Waals surface area contributed by atoms with E-state index in [1.54, 1.807) is 19.9 Å². The van der Waals surface area contributed by atoms with E-state index in [1.165, 1.54) is 35.0 Å². The normalized spacial score (nSPS) is 11.0. The number of nitrogens with zero attached hydrogens (tertiary/aromatic N) is 3. The highest BCUT2D eigenvalue weighted by molar-refractivity contribution is 7.92. The molecule has 2 N–H and O–H groups in total. The second kappa shape index (κ2) is 8.97. The fourth-order valence-corrected chi connectivity index (χ4v) is 3.99. The summed E-state index contributed by atoms with van der Waals surface area (Å²) in [5.41, 5.74) is 1.63. The summed E-state index contributed by atoms with van der Waals surface area (Å²) < 4.78 is 42.4. The second-order valence-electron chi connectivity index (χ2n) is 6.85. The molecule has 10 heteroatoms. The molecule has 0 aliphatic heterocycles. The fraction of sp³-hybridized carbons (Fsp3) is 0.190. The Balaban J connectivity index is 1.86. The summed E-state index contributed by atoms with van der Waals surface area (Å²) in [6.07, 6.45) is 0.228. The molecule has 2 aromatic carbocycles. The predicted molar refractivity (Wildman–Crippen MR) is 114 cm³/mol. The van der Waals surface area contributed by atoms with E-state index in [2.05, 4.69) is 15.1 Å². The number of aryl methyl sites for hydroxylation is 3. The first-order valence-electron chi connectivity index (χ1n) is 9.31. The molecule has 31 heavy (non-hydrogen) atoms. The van der Waals surface area contributed by atoms with Crippen molar-refractivity contribution in [2.24, 2.45) is 0 Å². The molecule has 0 atom stereocenters. The zero-order valence-electron chi connectivity index (χ0n) is 16.9. The molecule has 0 bridgehead atoms. The van der Waals surface area contributed by atoms with Gasteiger partial charge >= 0.3 is 0 Å². The lowest BCUT2D eigenvalue weighted by molar-refractivity contribution is 0.102. The highest BCUT2D eigenvalue weighted by atomic mass is 32.2. The van der Waals surface area contributed by atoms with E-state index < -0.39 is 21.7 Å². The maximum Gasteiger partial charge on any atom is 0.261 e. The van der Waals surface area contributed by atoms with Crippen LogP contribution in [0.4, 0.5) is 15.9 Å². The van der Waals surface area contributed by atoms with Crippen LogP contribution >= 0.6 is 0 Å². The number of aromatic nitrogens is 2. The molecule has 0 spiro atoms. The summed E-state index contributed by atoms with van der Waals surface area (Å²) in [7, 11) is -3.99. The Kier molecular flexibility index (Phi) is 6.36. The number of rotatable bonds is 7. The van der Waals surface area contributed by atoms with Gasteiger partial charge in [0.15, 0.2) is 0 Å². The average Bonchev–Trinajstić information content (AvgIpc) is 3.06. The summed E-state index contributed by atoms with van der Waals surface area (Å²) in [6.45, 7) is 3.77. The van der Waals surface area contributed by atoms with Crippen molar-refractivity contribution in [3.63, 3.8) is 0 Å². The van der Waals surface area contributed by atoms with Gasteiger partial charge in [0.1, 0.15) is 11.6 Å². The largest absolute Gasteiger partial charge is 0.307 e. The van der Waals surface area contributed by atoms with Crippen molar-refractivity contribution in [2.45, 2.75) is 31.7 Å². The summed E-state index contributed by atoms with van der Waals surface area (Å²) in [6, 6.07) is 12.8. The van der Waals surface area contributed by atoms with E-state index in [9.17, 15) is 17.6 Å². The predicted octanol–water partition coefficient (Wildman–Crippen LogP) is 3.61. The molecule has 1 aromatic heterocycles. The SMILES string of the molecule is Cc1cc(NC(=O)c2cc(S(=O)(=O)Nc3ccc(F)cc3)ccc2C)n(CCC#N)n1. The minimum Gasteiger partial charge on any atom is -0.307 e. The maximum absolute atomic E-state index is 13.1. The van der Waals surface area contributed by atoms with Crippen molar-refractivity contribution in [1.29, 1.82) is 5.26 Å². The lowest BCUT2D eigenvalue weighted by Gasteiger charge is -2.12. The smallest absolute Gasteiger partial charge is 0.261 e. The molecule has 0 fully saturated rings. The molecular weight excluding hydrogens is 421 g/mol. The number of benzene rings is 2. The van der Waals surface area contributed by atoms with Crippen LogP contribution in [-0.4, -0.2) is 24.1 Å². The number of hydrogen-bond donors (Lipinski definition) is 2. The molecule has 0 saturated carbocycles. The molecule has 3 aromatic rings. The van der Waals surface area contributed by atoms with Crippen molar-refractivity contribution >= 4 is 27.4 Å². The van der Waals surface area contributed by atoms with E-state index in [0.717, 1.165) is 12.1 Å². The molecule has 0 saturated heterocycles. The van der Waals surface area contributed by atoms with Gasteiger partial charge in [0.05, 0.1) is 29.6 Å². The van der Waals surface area contributed by atoms with Crippen molar-refractivity contribution < 1.29 is 17.6 Å². The van der Waals surface area contributed by atoms with Gasteiger partial charge in [0, 0.05) is 17.3 Å². The third-order valence-electron chi connectivity index (χ3n) is 4.44. The zero-order chi connectivity index (χ0) is 22.6. The maximum atomic E-state index is 13.1. The van der Waals surface area contributed by atoms with Gasteiger partial charge in [-0.2, -0.15) is 10.4 Å². The summed E-state index contributed by atoms with van der Waals surface area (Å²) in [4.78, 5) is 12.8. The van der Waals surface area contributed by atoms with Crippen molar-refractivity contribution in [3.8, 4) is 6.07 Å². The van der Waals surface area contributed by atoms with Gasteiger partial charge < -0.3 is 5.32 Å². The van der Waals surface area contributed by atoms with Gasteiger partial charge in [-0.05, 0) is 55.8 Å². The van der Waals surface area contributed by atoms with Gasteiger partial charge in [0.25, 0.3) is 15.9 Å². The second-order valence-corrected chi connectivity index (χ2v) is 8.53. The molecule has 3 rings (SSSR count). The van der Waals surface area contributed by atoms with Crippen LogP contribution in [0.3, 0.4) is 0 Å². The first-order valence-corrected chi connectivity index (χ1v) is 10.8. The summed E-state index contributed by atoms with van der Waals surface area (Å²) in [5, 5.41) is 15.8. The fourth-order valence-electron chi connectivity index (χ4n) is 2.90. The summed E-state index contributed by atoms with van der Waals surface area (Å²) in [5.74, 6) is -0.578. The van der Waals surface area contributed by atoms with Crippen LogP contribution in [0.25, 0.3) is 0 Å². The van der Waals surface area contributed by atoms with Gasteiger partial charge in [-0.1, -0.05) is 6.07 Å². The van der Waals surface area contributed by atoms with Crippen molar-refractivity contribution in [3.05, 3.63) is 71.2 Å². The van der Waals surface area contributed by atoms with Crippen LogP contribution in [0, 0.1) is 31.0 Å². The number of carbonyl (C=O) groups excluding carboxylic acids is 1. The number of sulfonamides is 1. The van der Waals surface area contributed by atoms with Gasteiger partial charge in [-0.15, -0.1) is 0 Å². The van der Waals surface area contributed by atoms with E-state index in [4.69, 9.17) is 5.26 Å². The van der Waals surface area contributed by atoms with Crippen LogP contribution in [0.15, 0.2) is 53.4 Å². The van der Waals surface area contributed by atoms with Gasteiger partial charge in [0.2, 0.25) is 0 Å². The van der Waals surface area contributed by atoms with E-state index in [1.807, 2.05) is 6.07 Å². The van der Waals surface area contributed by atoms with E-state index in [0.29, 0.717) is 23.6 Å². The van der Waals surface area contributed by atoms with Gasteiger partial charge in [-0.25, -0.2) is 17.5 Å². The molecule has 1 amide bonds. The van der Waals surface area contributed by atoms with Gasteiger partial charge in [-0.3, -0.25) is 9.52 Å². The first-order chi connectivity index (χ1) is 14.7. The Hall–Kier alpha value is -3.71. The molecule has 0 unspecified atom stereocenters. The molecular formula is C21H20FN5O3S. The number of amides is 1. The Bertz CT molecular complexity index is 1260. The van der Waals surface area contributed by atoms with E-state index >= 15 is 0 Å². The third-order valence-corrected chi connectivity index (χ3v) is 5.82. The first kappa shape index (κ1) is 22.0. The Morgan fingerprint density at radius 2 is 1.87 bits per heavy atom. The van der Waals surface area contributed by atoms with Crippen LogP contribution in [0.5, 0.6) is 0 Å². The van der Waals surface area contributed by atoms with Crippen LogP contribution in [0.2, 0.25) is 0 Å².